The van der Waals surface area contributed by atoms with Crippen LogP contribution >= 0.6 is 0 Å². The maximum absolute atomic E-state index is 12.2. The van der Waals surface area contributed by atoms with Crippen molar-refractivity contribution in [3.05, 3.63) is 34.9 Å². The van der Waals surface area contributed by atoms with Crippen LogP contribution in [0.15, 0.2) is 18.2 Å². The first kappa shape index (κ1) is 11.1. The fraction of sp³-hybridized carbons (Fsp3) is 0.462. The molecule has 1 aromatic carbocycles. The van der Waals surface area contributed by atoms with Crippen LogP contribution in [0, 0.1) is 13.8 Å². The Hall–Kier alpha value is -1.35. The zero-order valence-corrected chi connectivity index (χ0v) is 9.73. The molecule has 3 nitrogen and oxygen atoms in total. The highest BCUT2D eigenvalue weighted by molar-refractivity contribution is 5.97. The molecule has 0 saturated carbocycles. The lowest BCUT2D eigenvalue weighted by atomic mass is 10.0. The van der Waals surface area contributed by atoms with Crippen molar-refractivity contribution in [2.75, 3.05) is 13.1 Å². The summed E-state index contributed by atoms with van der Waals surface area (Å²) in [5.74, 6) is 0.0483. The normalized spacial score (nSPS) is 20.2. The Kier molecular flexibility index (Phi) is 2.97. The molecule has 0 aliphatic carbocycles. The maximum atomic E-state index is 12.2. The number of nitrogens with zero attached hydrogens (tertiary/aromatic N) is 1. The summed E-state index contributed by atoms with van der Waals surface area (Å²) < 4.78 is 0. The summed E-state index contributed by atoms with van der Waals surface area (Å²) in [6.07, 6.45) is 0.338. The van der Waals surface area contributed by atoms with Crippen LogP contribution in [0.4, 0.5) is 0 Å². The Morgan fingerprint density at radius 3 is 2.50 bits per heavy atom. The topological polar surface area (TPSA) is 40.5 Å². The van der Waals surface area contributed by atoms with Crippen molar-refractivity contribution < 1.29 is 9.90 Å². The van der Waals surface area contributed by atoms with Crippen molar-refractivity contribution in [1.29, 1.82) is 0 Å². The van der Waals surface area contributed by atoms with E-state index in [9.17, 15) is 9.90 Å². The molecule has 1 aliphatic heterocycles. The molecule has 1 saturated heterocycles. The van der Waals surface area contributed by atoms with Crippen LogP contribution < -0.4 is 0 Å². The van der Waals surface area contributed by atoms with Crippen molar-refractivity contribution in [1.82, 2.24) is 4.90 Å². The van der Waals surface area contributed by atoms with Gasteiger partial charge in [-0.05, 0) is 31.4 Å². The van der Waals surface area contributed by atoms with Gasteiger partial charge in [0.05, 0.1) is 6.10 Å². The molecule has 0 spiro atoms. The van der Waals surface area contributed by atoms with Crippen LogP contribution in [-0.2, 0) is 0 Å². The van der Waals surface area contributed by atoms with Crippen LogP contribution in [0.25, 0.3) is 0 Å². The Morgan fingerprint density at radius 1 is 1.38 bits per heavy atom. The van der Waals surface area contributed by atoms with E-state index >= 15 is 0 Å². The summed E-state index contributed by atoms with van der Waals surface area (Å²) in [4.78, 5) is 14.0. The number of carbonyl (C=O) groups is 1. The number of β-amino-alcohol motifs (C(OH)–C–C–N with tert-alkyl or cyclic N) is 1. The van der Waals surface area contributed by atoms with Gasteiger partial charge in [0.15, 0.2) is 0 Å². The molecular weight excluding hydrogens is 202 g/mol. The number of rotatable bonds is 1. The van der Waals surface area contributed by atoms with Gasteiger partial charge in [0, 0.05) is 18.7 Å². The van der Waals surface area contributed by atoms with Gasteiger partial charge in [0.25, 0.3) is 5.91 Å². The summed E-state index contributed by atoms with van der Waals surface area (Å²) in [6.45, 7) is 5.03. The first-order chi connectivity index (χ1) is 7.59. The minimum atomic E-state index is -0.353. The molecule has 86 valence electrons. The van der Waals surface area contributed by atoms with E-state index in [1.807, 2.05) is 32.0 Å². The van der Waals surface area contributed by atoms with Gasteiger partial charge in [0.2, 0.25) is 0 Å². The Labute approximate surface area is 95.7 Å². The van der Waals surface area contributed by atoms with E-state index in [-0.39, 0.29) is 12.0 Å². The quantitative estimate of drug-likeness (QED) is 0.777. The molecule has 1 heterocycles. The van der Waals surface area contributed by atoms with E-state index in [4.69, 9.17) is 0 Å². The highest BCUT2D eigenvalue weighted by Gasteiger charge is 2.26. The molecule has 1 fully saturated rings. The van der Waals surface area contributed by atoms with Gasteiger partial charge in [-0.3, -0.25) is 4.79 Å². The van der Waals surface area contributed by atoms with Crippen molar-refractivity contribution in [2.45, 2.75) is 26.4 Å². The number of aryl methyl sites for hydroxylation is 2. The van der Waals surface area contributed by atoms with Crippen molar-refractivity contribution in [2.24, 2.45) is 0 Å². The number of benzene rings is 1. The Balaban J connectivity index is 2.27. The van der Waals surface area contributed by atoms with Crippen LogP contribution in [0.3, 0.4) is 0 Å². The minimum absolute atomic E-state index is 0.0483. The standard InChI is InChI=1S/C13H17NO2/c1-9-4-3-5-10(2)12(9)13(16)14-7-6-11(15)8-14/h3-5,11,15H,6-8H2,1-2H3/t11-/m1/s1. The fourth-order valence-corrected chi connectivity index (χ4v) is 2.24. The lowest BCUT2D eigenvalue weighted by Gasteiger charge is -2.18. The van der Waals surface area contributed by atoms with Crippen LogP contribution in [0.5, 0.6) is 0 Å². The van der Waals surface area contributed by atoms with Gasteiger partial charge in [-0.2, -0.15) is 0 Å². The number of aliphatic hydroxyl groups is 1. The average molecular weight is 219 g/mol. The number of aliphatic hydroxyl groups excluding tert-OH is 1. The molecule has 0 radical (unpaired) electrons. The second-order valence-electron chi connectivity index (χ2n) is 4.46. The third kappa shape index (κ3) is 1.95. The Morgan fingerprint density at radius 2 is 2.00 bits per heavy atom. The molecule has 0 unspecified atom stereocenters. The molecule has 2 rings (SSSR count). The molecule has 3 heteroatoms. The van der Waals surface area contributed by atoms with E-state index in [1.165, 1.54) is 0 Å². The summed E-state index contributed by atoms with van der Waals surface area (Å²) in [7, 11) is 0. The third-order valence-corrected chi connectivity index (χ3v) is 3.15. The first-order valence-electron chi connectivity index (χ1n) is 5.63. The largest absolute Gasteiger partial charge is 0.391 e. The van der Waals surface area contributed by atoms with E-state index in [1.54, 1.807) is 4.90 Å². The second kappa shape index (κ2) is 4.26. The lowest BCUT2D eigenvalue weighted by Crippen LogP contribution is -2.30. The van der Waals surface area contributed by atoms with E-state index in [2.05, 4.69) is 0 Å². The first-order valence-corrected chi connectivity index (χ1v) is 5.63. The predicted molar refractivity (Wildman–Crippen MR) is 62.4 cm³/mol. The summed E-state index contributed by atoms with van der Waals surface area (Å²) in [5.41, 5.74) is 2.80. The third-order valence-electron chi connectivity index (χ3n) is 3.15. The van der Waals surface area contributed by atoms with Gasteiger partial charge in [-0.1, -0.05) is 18.2 Å². The molecule has 1 amide bonds. The van der Waals surface area contributed by atoms with Crippen molar-refractivity contribution in [3.8, 4) is 0 Å². The SMILES string of the molecule is Cc1cccc(C)c1C(=O)N1CC[C@@H](O)C1. The molecule has 0 bridgehead atoms. The predicted octanol–water partition coefficient (Wildman–Crippen LogP) is 1.51. The molecule has 1 aliphatic rings. The number of hydrogen-bond acceptors (Lipinski definition) is 2. The number of likely N-dealkylation sites (tertiary alicyclic amines) is 1. The molecule has 1 aromatic rings. The van der Waals surface area contributed by atoms with Gasteiger partial charge >= 0.3 is 0 Å². The highest BCUT2D eigenvalue weighted by Crippen LogP contribution is 2.19. The van der Waals surface area contributed by atoms with E-state index < -0.39 is 0 Å². The van der Waals surface area contributed by atoms with Crippen LogP contribution in [0.1, 0.15) is 27.9 Å². The smallest absolute Gasteiger partial charge is 0.254 e. The number of amides is 1. The van der Waals surface area contributed by atoms with Crippen LogP contribution in [-0.4, -0.2) is 35.1 Å². The Bertz CT molecular complexity index is 394. The van der Waals surface area contributed by atoms with Crippen molar-refractivity contribution >= 4 is 5.91 Å². The molecule has 1 atom stereocenters. The van der Waals surface area contributed by atoms with Gasteiger partial charge in [0.1, 0.15) is 0 Å². The lowest BCUT2D eigenvalue weighted by molar-refractivity contribution is 0.0763. The zero-order chi connectivity index (χ0) is 11.7. The summed E-state index contributed by atoms with van der Waals surface area (Å²) in [6, 6.07) is 5.86. The average Bonchev–Trinajstić information content (AvgIpc) is 2.64. The van der Waals surface area contributed by atoms with Crippen molar-refractivity contribution in [3.63, 3.8) is 0 Å². The number of carbonyl (C=O) groups excluding carboxylic acids is 1. The molecule has 0 aromatic heterocycles. The number of hydrogen-bond donors (Lipinski definition) is 1. The molecule has 16 heavy (non-hydrogen) atoms. The van der Waals surface area contributed by atoms with Gasteiger partial charge < -0.3 is 10.0 Å². The molecule has 1 N–H and O–H groups in total. The van der Waals surface area contributed by atoms with Gasteiger partial charge in [-0.25, -0.2) is 0 Å². The minimum Gasteiger partial charge on any atom is -0.391 e. The van der Waals surface area contributed by atoms with Crippen LogP contribution in [0.2, 0.25) is 0 Å². The second-order valence-corrected chi connectivity index (χ2v) is 4.46. The van der Waals surface area contributed by atoms with Gasteiger partial charge in [-0.15, -0.1) is 0 Å². The molecular formula is C13H17NO2. The van der Waals surface area contributed by atoms with E-state index in [0.29, 0.717) is 19.5 Å². The summed E-state index contributed by atoms with van der Waals surface area (Å²) in [5, 5.41) is 9.44. The highest BCUT2D eigenvalue weighted by atomic mass is 16.3. The monoisotopic (exact) mass is 219 g/mol. The van der Waals surface area contributed by atoms with E-state index in [0.717, 1.165) is 16.7 Å². The zero-order valence-electron chi connectivity index (χ0n) is 9.73. The fourth-order valence-electron chi connectivity index (χ4n) is 2.24. The maximum Gasteiger partial charge on any atom is 0.254 e. The summed E-state index contributed by atoms with van der Waals surface area (Å²) >= 11 is 0.